The van der Waals surface area contributed by atoms with Gasteiger partial charge in [0.1, 0.15) is 5.01 Å². The minimum absolute atomic E-state index is 0.000506. The number of thiazole rings is 1. The first-order valence-corrected chi connectivity index (χ1v) is 7.46. The van der Waals surface area contributed by atoms with Gasteiger partial charge >= 0.3 is 6.03 Å². The smallest absolute Gasteiger partial charge is 0.317 e. The summed E-state index contributed by atoms with van der Waals surface area (Å²) >= 11 is 1.64. The lowest BCUT2D eigenvalue weighted by Crippen LogP contribution is -2.41. The largest absolute Gasteiger partial charge is 0.329 e. The lowest BCUT2D eigenvalue weighted by molar-refractivity contribution is 0.196. The van der Waals surface area contributed by atoms with Crippen molar-refractivity contribution in [2.45, 2.75) is 45.6 Å². The molecular formula is C13H21N3OS. The molecule has 1 unspecified atom stereocenters. The summed E-state index contributed by atoms with van der Waals surface area (Å²) in [5.74, 6) is 0. The van der Waals surface area contributed by atoms with Crippen LogP contribution in [-0.4, -0.2) is 29.0 Å². The number of likely N-dealkylation sites (tertiary alicyclic amines) is 1. The number of aryl methyl sites for hydroxylation is 1. The Morgan fingerprint density at radius 1 is 1.39 bits per heavy atom. The number of amides is 2. The van der Waals surface area contributed by atoms with Crippen LogP contribution in [0.4, 0.5) is 4.79 Å². The summed E-state index contributed by atoms with van der Waals surface area (Å²) in [5.41, 5.74) is 0. The van der Waals surface area contributed by atoms with Gasteiger partial charge < -0.3 is 10.2 Å². The first-order valence-electron chi connectivity index (χ1n) is 6.64. The minimum Gasteiger partial charge on any atom is -0.329 e. The molecule has 4 nitrogen and oxygen atoms in total. The maximum atomic E-state index is 12.1. The van der Waals surface area contributed by atoms with Crippen LogP contribution in [0.5, 0.6) is 0 Å². The number of hydrogen-bond donors (Lipinski definition) is 1. The van der Waals surface area contributed by atoms with Crippen LogP contribution < -0.4 is 5.32 Å². The molecule has 0 saturated carbocycles. The van der Waals surface area contributed by atoms with Gasteiger partial charge in [0.05, 0.1) is 6.04 Å². The molecule has 2 amide bonds. The van der Waals surface area contributed by atoms with Gasteiger partial charge in [-0.15, -0.1) is 11.3 Å². The van der Waals surface area contributed by atoms with E-state index in [1.165, 1.54) is 17.7 Å². The second-order valence-corrected chi connectivity index (χ2v) is 6.15. The Morgan fingerprint density at radius 2 is 2.06 bits per heavy atom. The fourth-order valence-electron chi connectivity index (χ4n) is 2.18. The molecule has 2 rings (SSSR count). The van der Waals surface area contributed by atoms with E-state index in [0.29, 0.717) is 0 Å². The molecule has 5 heteroatoms. The molecule has 1 atom stereocenters. The molecule has 0 radical (unpaired) electrons. The predicted molar refractivity (Wildman–Crippen MR) is 73.8 cm³/mol. The van der Waals surface area contributed by atoms with E-state index in [9.17, 15) is 4.79 Å². The number of urea groups is 1. The van der Waals surface area contributed by atoms with Crippen molar-refractivity contribution in [2.75, 3.05) is 13.1 Å². The summed E-state index contributed by atoms with van der Waals surface area (Å²) in [6.07, 6.45) is 6.58. The third-order valence-electron chi connectivity index (χ3n) is 3.24. The molecule has 0 bridgehead atoms. The Hall–Kier alpha value is -1.10. The molecule has 0 aliphatic carbocycles. The lowest BCUT2D eigenvalue weighted by Gasteiger charge is -2.22. The van der Waals surface area contributed by atoms with Crippen molar-refractivity contribution in [1.82, 2.24) is 15.2 Å². The highest BCUT2D eigenvalue weighted by atomic mass is 32.1. The van der Waals surface area contributed by atoms with E-state index in [4.69, 9.17) is 0 Å². The normalized spacial score (nSPS) is 18.2. The molecule has 100 valence electrons. The molecule has 0 aromatic carbocycles. The quantitative estimate of drug-likeness (QED) is 0.895. The maximum Gasteiger partial charge on any atom is 0.317 e. The average Bonchev–Trinajstić information content (AvgIpc) is 2.63. The third-order valence-corrected chi connectivity index (χ3v) is 4.34. The highest BCUT2D eigenvalue weighted by Gasteiger charge is 2.18. The monoisotopic (exact) mass is 267 g/mol. The molecule has 0 spiro atoms. The Balaban J connectivity index is 1.89. The van der Waals surface area contributed by atoms with E-state index in [1.807, 2.05) is 24.9 Å². The second-order valence-electron chi connectivity index (χ2n) is 4.88. The molecule has 1 aromatic rings. The van der Waals surface area contributed by atoms with E-state index >= 15 is 0 Å². The summed E-state index contributed by atoms with van der Waals surface area (Å²) in [5, 5.41) is 4.02. The van der Waals surface area contributed by atoms with Crippen LogP contribution in [0.2, 0.25) is 0 Å². The van der Waals surface area contributed by atoms with Gasteiger partial charge in [0.2, 0.25) is 0 Å². The van der Waals surface area contributed by atoms with E-state index in [2.05, 4.69) is 10.3 Å². The summed E-state index contributed by atoms with van der Waals surface area (Å²) < 4.78 is 0. The number of nitrogens with one attached hydrogen (secondary N) is 1. The highest BCUT2D eigenvalue weighted by Crippen LogP contribution is 2.19. The molecule has 18 heavy (non-hydrogen) atoms. The highest BCUT2D eigenvalue weighted by molar-refractivity contribution is 7.11. The summed E-state index contributed by atoms with van der Waals surface area (Å²) in [4.78, 5) is 19.6. The zero-order valence-corrected chi connectivity index (χ0v) is 11.9. The van der Waals surface area contributed by atoms with Crippen LogP contribution in [0.1, 0.15) is 48.5 Å². The number of rotatable bonds is 2. The molecule has 2 heterocycles. The Labute approximate surface area is 112 Å². The van der Waals surface area contributed by atoms with Gasteiger partial charge in [-0.05, 0) is 26.7 Å². The van der Waals surface area contributed by atoms with Crippen LogP contribution in [-0.2, 0) is 0 Å². The van der Waals surface area contributed by atoms with E-state index < -0.39 is 0 Å². The number of nitrogens with zero attached hydrogens (tertiary/aromatic N) is 2. The van der Waals surface area contributed by atoms with Crippen molar-refractivity contribution in [3.63, 3.8) is 0 Å². The Morgan fingerprint density at radius 3 is 2.61 bits per heavy atom. The summed E-state index contributed by atoms with van der Waals surface area (Å²) in [6.45, 7) is 5.80. The second kappa shape index (κ2) is 6.18. The van der Waals surface area contributed by atoms with Gasteiger partial charge in [-0.1, -0.05) is 12.8 Å². The zero-order valence-electron chi connectivity index (χ0n) is 11.1. The van der Waals surface area contributed by atoms with Gasteiger partial charge in [0.25, 0.3) is 0 Å². The average molecular weight is 267 g/mol. The van der Waals surface area contributed by atoms with Crippen LogP contribution in [0.3, 0.4) is 0 Å². The molecule has 1 aromatic heterocycles. The zero-order chi connectivity index (χ0) is 13.0. The molecule has 1 fully saturated rings. The molecule has 1 N–H and O–H groups in total. The fourth-order valence-corrected chi connectivity index (χ4v) is 2.96. The molecule has 1 saturated heterocycles. The number of aromatic nitrogens is 1. The molecule has 1 aliphatic rings. The van der Waals surface area contributed by atoms with Crippen molar-refractivity contribution in [2.24, 2.45) is 0 Å². The first kappa shape index (κ1) is 13.3. The van der Waals surface area contributed by atoms with Crippen molar-refractivity contribution in [1.29, 1.82) is 0 Å². The minimum atomic E-state index is -0.000506. The van der Waals surface area contributed by atoms with Crippen molar-refractivity contribution in [3.05, 3.63) is 16.1 Å². The van der Waals surface area contributed by atoms with Gasteiger partial charge in [-0.3, -0.25) is 0 Å². The Bertz CT molecular complexity index is 397. The maximum absolute atomic E-state index is 12.1. The van der Waals surface area contributed by atoms with Crippen LogP contribution >= 0.6 is 11.3 Å². The van der Waals surface area contributed by atoms with E-state index in [1.54, 1.807) is 11.3 Å². The first-order chi connectivity index (χ1) is 8.66. The number of carbonyl (C=O) groups excluding carboxylic acids is 1. The summed E-state index contributed by atoms with van der Waals surface area (Å²) in [7, 11) is 0. The van der Waals surface area contributed by atoms with Crippen LogP contribution in [0.25, 0.3) is 0 Å². The summed E-state index contributed by atoms with van der Waals surface area (Å²) in [6, 6.07) is 0.0525. The fraction of sp³-hybridized carbons (Fsp3) is 0.692. The van der Waals surface area contributed by atoms with Gasteiger partial charge in [-0.25, -0.2) is 9.78 Å². The number of hydrogen-bond acceptors (Lipinski definition) is 3. The third kappa shape index (κ3) is 3.45. The SMILES string of the molecule is Cc1cnc(C(C)NC(=O)N2CCCCCC2)s1. The lowest BCUT2D eigenvalue weighted by atomic mass is 10.2. The predicted octanol–water partition coefficient (Wildman–Crippen LogP) is 3.10. The Kier molecular flexibility index (Phi) is 4.58. The van der Waals surface area contributed by atoms with Gasteiger partial charge in [0.15, 0.2) is 0 Å². The van der Waals surface area contributed by atoms with Crippen LogP contribution in [0.15, 0.2) is 6.20 Å². The standard InChI is InChI=1S/C13H21N3OS/c1-10-9-14-12(18-10)11(2)15-13(17)16-7-5-3-4-6-8-16/h9,11H,3-8H2,1-2H3,(H,15,17). The van der Waals surface area contributed by atoms with Crippen LogP contribution in [0, 0.1) is 6.92 Å². The topological polar surface area (TPSA) is 45.2 Å². The molecule has 1 aliphatic heterocycles. The van der Waals surface area contributed by atoms with Crippen molar-refractivity contribution >= 4 is 17.4 Å². The van der Waals surface area contributed by atoms with Crippen molar-refractivity contribution in [3.8, 4) is 0 Å². The number of carbonyl (C=O) groups is 1. The van der Waals surface area contributed by atoms with E-state index in [-0.39, 0.29) is 12.1 Å². The van der Waals surface area contributed by atoms with Crippen molar-refractivity contribution < 1.29 is 4.79 Å². The molecular weight excluding hydrogens is 246 g/mol. The van der Waals surface area contributed by atoms with E-state index in [0.717, 1.165) is 30.9 Å². The van der Waals surface area contributed by atoms with Gasteiger partial charge in [-0.2, -0.15) is 0 Å². The van der Waals surface area contributed by atoms with Gasteiger partial charge in [0, 0.05) is 24.2 Å².